The van der Waals surface area contributed by atoms with Crippen LogP contribution in [0.5, 0.6) is 0 Å². The monoisotopic (exact) mass is 263 g/mol. The first-order chi connectivity index (χ1) is 8.10. The van der Waals surface area contributed by atoms with Crippen molar-refractivity contribution in [1.29, 1.82) is 0 Å². The van der Waals surface area contributed by atoms with Gasteiger partial charge in [0.05, 0.1) is 0 Å². The van der Waals surface area contributed by atoms with Crippen molar-refractivity contribution in [3.8, 4) is 0 Å². The second kappa shape index (κ2) is 7.31. The largest absolute Gasteiger partial charge is 0.315 e. The van der Waals surface area contributed by atoms with Crippen LogP contribution in [-0.4, -0.2) is 44.9 Å². The van der Waals surface area contributed by atoms with Crippen LogP contribution in [0.2, 0.25) is 0 Å². The molecule has 0 aliphatic carbocycles. The molecule has 2 N–H and O–H groups in total. The second-order valence-corrected chi connectivity index (χ2v) is 6.27. The lowest BCUT2D eigenvalue weighted by atomic mass is 10.1. The normalized spacial score (nSPS) is 21.9. The predicted molar refractivity (Wildman–Crippen MR) is 70.1 cm³/mol. The third kappa shape index (κ3) is 4.91. The molecule has 0 bridgehead atoms. The Bertz CT molecular complexity index is 294. The smallest absolute Gasteiger partial charge is 0.279 e. The number of hydrogen-bond donors (Lipinski definition) is 2. The van der Waals surface area contributed by atoms with E-state index in [-0.39, 0.29) is 6.04 Å². The van der Waals surface area contributed by atoms with Crippen molar-refractivity contribution in [1.82, 2.24) is 14.3 Å². The van der Waals surface area contributed by atoms with Crippen molar-refractivity contribution in [3.05, 3.63) is 0 Å². The zero-order chi connectivity index (χ0) is 12.7. The Kier molecular flexibility index (Phi) is 6.40. The Morgan fingerprint density at radius 2 is 1.94 bits per heavy atom. The van der Waals surface area contributed by atoms with Gasteiger partial charge in [-0.25, -0.2) is 0 Å². The highest BCUT2D eigenvalue weighted by Gasteiger charge is 2.24. The van der Waals surface area contributed by atoms with E-state index >= 15 is 0 Å². The van der Waals surface area contributed by atoms with E-state index in [9.17, 15) is 8.42 Å². The van der Waals surface area contributed by atoms with Gasteiger partial charge in [-0.2, -0.15) is 17.4 Å². The molecule has 0 aromatic heterocycles. The average molecular weight is 263 g/mol. The highest BCUT2D eigenvalue weighted by molar-refractivity contribution is 7.87. The topological polar surface area (TPSA) is 61.4 Å². The van der Waals surface area contributed by atoms with E-state index < -0.39 is 10.2 Å². The van der Waals surface area contributed by atoms with Crippen molar-refractivity contribution in [2.75, 3.05) is 26.2 Å². The second-order valence-electron chi connectivity index (χ2n) is 4.57. The van der Waals surface area contributed by atoms with Crippen LogP contribution in [0.3, 0.4) is 0 Å². The molecule has 1 saturated heterocycles. The van der Waals surface area contributed by atoms with Crippen molar-refractivity contribution in [2.45, 2.75) is 45.6 Å². The van der Waals surface area contributed by atoms with Gasteiger partial charge in [-0.05, 0) is 32.2 Å². The lowest BCUT2D eigenvalue weighted by Crippen LogP contribution is -2.51. The molecule has 0 saturated carbocycles. The minimum absolute atomic E-state index is 0.0463. The van der Waals surface area contributed by atoms with E-state index in [4.69, 9.17) is 0 Å². The Labute approximate surface area is 105 Å². The first-order valence-electron chi connectivity index (χ1n) is 6.58. The quantitative estimate of drug-likeness (QED) is 0.710. The summed E-state index contributed by atoms with van der Waals surface area (Å²) in [5.41, 5.74) is 0. The van der Waals surface area contributed by atoms with Crippen molar-refractivity contribution < 1.29 is 8.42 Å². The van der Waals surface area contributed by atoms with Crippen LogP contribution in [0.4, 0.5) is 0 Å². The van der Waals surface area contributed by atoms with Gasteiger partial charge >= 0.3 is 0 Å². The number of rotatable bonds is 7. The van der Waals surface area contributed by atoms with Gasteiger partial charge in [0.25, 0.3) is 10.2 Å². The van der Waals surface area contributed by atoms with Crippen molar-refractivity contribution in [3.63, 3.8) is 0 Å². The summed E-state index contributed by atoms with van der Waals surface area (Å²) < 4.78 is 28.7. The van der Waals surface area contributed by atoms with Gasteiger partial charge in [0.2, 0.25) is 0 Å². The zero-order valence-corrected chi connectivity index (χ0v) is 11.7. The summed E-state index contributed by atoms with van der Waals surface area (Å²) in [5.74, 6) is 0. The van der Waals surface area contributed by atoms with E-state index in [0.717, 1.165) is 38.8 Å². The molecule has 0 aromatic carbocycles. The lowest BCUT2D eigenvalue weighted by molar-refractivity contribution is 0.377. The molecule has 1 heterocycles. The first kappa shape index (κ1) is 14.9. The Hall–Kier alpha value is -0.170. The maximum atomic E-state index is 12.2. The molecule has 0 aromatic rings. The maximum absolute atomic E-state index is 12.2. The molecule has 102 valence electrons. The molecule has 1 aliphatic rings. The molecule has 0 radical (unpaired) electrons. The Morgan fingerprint density at radius 1 is 1.29 bits per heavy atom. The van der Waals surface area contributed by atoms with Gasteiger partial charge in [-0.3, -0.25) is 0 Å². The summed E-state index contributed by atoms with van der Waals surface area (Å²) in [6.07, 6.45) is 3.67. The molecule has 1 aliphatic heterocycles. The van der Waals surface area contributed by atoms with Crippen LogP contribution < -0.4 is 10.0 Å². The third-order valence-electron chi connectivity index (χ3n) is 2.90. The van der Waals surface area contributed by atoms with Gasteiger partial charge in [-0.15, -0.1) is 0 Å². The molecule has 1 rings (SSSR count). The third-order valence-corrected chi connectivity index (χ3v) is 4.57. The van der Waals surface area contributed by atoms with E-state index in [0.29, 0.717) is 13.1 Å². The highest BCUT2D eigenvalue weighted by atomic mass is 32.2. The molecule has 1 fully saturated rings. The number of hydrogen-bond acceptors (Lipinski definition) is 3. The van der Waals surface area contributed by atoms with Crippen molar-refractivity contribution >= 4 is 10.2 Å². The van der Waals surface area contributed by atoms with Gasteiger partial charge in [0, 0.05) is 25.7 Å². The minimum Gasteiger partial charge on any atom is -0.315 e. The summed E-state index contributed by atoms with van der Waals surface area (Å²) in [6.45, 7) is 6.94. The van der Waals surface area contributed by atoms with Gasteiger partial charge < -0.3 is 5.32 Å². The SMILES string of the molecule is CCCN(CCC)S(=O)(=O)NC1CCCNC1. The predicted octanol–water partition coefficient (Wildman–Crippen LogP) is 0.695. The molecule has 1 atom stereocenters. The Morgan fingerprint density at radius 3 is 2.41 bits per heavy atom. The van der Waals surface area contributed by atoms with E-state index in [2.05, 4.69) is 10.0 Å². The van der Waals surface area contributed by atoms with Crippen LogP contribution in [0, 0.1) is 0 Å². The standard InChI is InChI=1S/C11H25N3O2S/c1-3-8-14(9-4-2)17(15,16)13-11-6-5-7-12-10-11/h11-13H,3-10H2,1-2H3. The fourth-order valence-electron chi connectivity index (χ4n) is 2.09. The van der Waals surface area contributed by atoms with E-state index in [1.807, 2.05) is 13.8 Å². The molecule has 1 unspecified atom stereocenters. The number of nitrogens with one attached hydrogen (secondary N) is 2. The minimum atomic E-state index is -3.30. The van der Waals surface area contributed by atoms with Gasteiger partial charge in [0.1, 0.15) is 0 Å². The van der Waals surface area contributed by atoms with Gasteiger partial charge in [0.15, 0.2) is 0 Å². The van der Waals surface area contributed by atoms with E-state index in [1.54, 1.807) is 4.31 Å². The van der Waals surface area contributed by atoms with Crippen LogP contribution >= 0.6 is 0 Å². The summed E-state index contributed by atoms with van der Waals surface area (Å²) in [6, 6.07) is 0.0463. The Balaban J connectivity index is 2.56. The summed E-state index contributed by atoms with van der Waals surface area (Å²) in [7, 11) is -3.30. The van der Waals surface area contributed by atoms with Crippen LogP contribution in [0.15, 0.2) is 0 Å². The van der Waals surface area contributed by atoms with Crippen LogP contribution in [0.1, 0.15) is 39.5 Å². The summed E-state index contributed by atoms with van der Waals surface area (Å²) in [4.78, 5) is 0. The fourth-order valence-corrected chi connectivity index (χ4v) is 3.71. The zero-order valence-electron chi connectivity index (χ0n) is 10.9. The number of piperidine rings is 1. The van der Waals surface area contributed by atoms with E-state index in [1.165, 1.54) is 0 Å². The average Bonchev–Trinajstić information content (AvgIpc) is 2.29. The molecule has 0 spiro atoms. The molecule has 5 nitrogen and oxygen atoms in total. The molecule has 17 heavy (non-hydrogen) atoms. The van der Waals surface area contributed by atoms with Gasteiger partial charge in [-0.1, -0.05) is 13.8 Å². The summed E-state index contributed by atoms with van der Waals surface area (Å²) in [5, 5.41) is 3.21. The number of nitrogens with zero attached hydrogens (tertiary/aromatic N) is 1. The molecule has 6 heteroatoms. The first-order valence-corrected chi connectivity index (χ1v) is 8.02. The molecule has 0 amide bonds. The highest BCUT2D eigenvalue weighted by Crippen LogP contribution is 2.07. The molecular formula is C11H25N3O2S. The molecular weight excluding hydrogens is 238 g/mol. The lowest BCUT2D eigenvalue weighted by Gasteiger charge is -2.28. The van der Waals surface area contributed by atoms with Crippen LogP contribution in [-0.2, 0) is 10.2 Å². The van der Waals surface area contributed by atoms with Crippen molar-refractivity contribution in [2.24, 2.45) is 0 Å². The summed E-state index contributed by atoms with van der Waals surface area (Å²) >= 11 is 0. The van der Waals surface area contributed by atoms with Crippen LogP contribution in [0.25, 0.3) is 0 Å². The maximum Gasteiger partial charge on any atom is 0.279 e. The fraction of sp³-hybridized carbons (Fsp3) is 1.00.